The van der Waals surface area contributed by atoms with Crippen LogP contribution in [0.5, 0.6) is 0 Å². The molecule has 3 atom stereocenters. The third-order valence-electron chi connectivity index (χ3n) is 4.38. The highest BCUT2D eigenvalue weighted by Crippen LogP contribution is 2.39. The van der Waals surface area contributed by atoms with Gasteiger partial charge < -0.3 is 10.1 Å². The van der Waals surface area contributed by atoms with E-state index in [-0.39, 0.29) is 5.91 Å². The van der Waals surface area contributed by atoms with Gasteiger partial charge in [-0.15, -0.1) is 0 Å². The highest BCUT2D eigenvalue weighted by atomic mass is 33.1. The summed E-state index contributed by atoms with van der Waals surface area (Å²) in [7, 11) is 4.03. The Balaban J connectivity index is 1.43. The second-order valence-electron chi connectivity index (χ2n) is 6.80. The topological polar surface area (TPSA) is 41.6 Å². The number of hydrogen-bond donors (Lipinski definition) is 1. The molecule has 1 amide bonds. The van der Waals surface area contributed by atoms with Gasteiger partial charge in [-0.25, -0.2) is 0 Å². The molecule has 1 N–H and O–H groups in total. The average Bonchev–Trinajstić information content (AvgIpc) is 3.00. The number of carbonyl (C=O) groups is 1. The third kappa shape index (κ3) is 8.14. The molecule has 4 nitrogen and oxygen atoms in total. The summed E-state index contributed by atoms with van der Waals surface area (Å²) in [6.45, 7) is 8.13. The van der Waals surface area contributed by atoms with Crippen molar-refractivity contribution in [2.75, 3.05) is 31.9 Å². The minimum absolute atomic E-state index is 0.224. The van der Waals surface area contributed by atoms with Gasteiger partial charge in [-0.3, -0.25) is 9.69 Å². The molecule has 6 heteroatoms. The molecule has 0 aliphatic carbocycles. The highest BCUT2D eigenvalue weighted by molar-refractivity contribution is 8.77. The lowest BCUT2D eigenvalue weighted by Gasteiger charge is -2.35. The van der Waals surface area contributed by atoms with Gasteiger partial charge in [0.2, 0.25) is 5.91 Å². The van der Waals surface area contributed by atoms with Crippen LogP contribution in [-0.4, -0.2) is 60.2 Å². The Hall–Kier alpha value is 0.0900. The third-order valence-corrected chi connectivity index (χ3v) is 7.38. The molecule has 0 saturated carbocycles. The van der Waals surface area contributed by atoms with Crippen molar-refractivity contribution >= 4 is 27.5 Å². The summed E-state index contributed by atoms with van der Waals surface area (Å²) >= 11 is 0. The zero-order chi connectivity index (χ0) is 16.5. The molecule has 2 rings (SSSR count). The monoisotopic (exact) mass is 360 g/mol. The van der Waals surface area contributed by atoms with Crippen LogP contribution in [0.3, 0.4) is 0 Å². The summed E-state index contributed by atoms with van der Waals surface area (Å²) in [4.78, 5) is 14.3. The first-order chi connectivity index (χ1) is 11.1. The van der Waals surface area contributed by atoms with E-state index in [1.165, 1.54) is 25.0 Å². The molecule has 0 aromatic rings. The summed E-state index contributed by atoms with van der Waals surface area (Å²) in [6.07, 6.45) is 7.21. The van der Waals surface area contributed by atoms with Crippen LogP contribution < -0.4 is 5.32 Å². The first-order valence-corrected chi connectivity index (χ1v) is 11.4. The standard InChI is InChI=1S/C17H32N2O2S2/c1-14-12-19(13-15(2)21-14)10-5-9-18-17(20)7-4-3-6-16-8-11-22-23-16/h14-16H,3-13H2,1-2H3,(H,18,20). The molecule has 3 unspecified atom stereocenters. The number of rotatable bonds is 9. The van der Waals surface area contributed by atoms with Crippen LogP contribution in [0.1, 0.15) is 52.4 Å². The Morgan fingerprint density at radius 1 is 1.22 bits per heavy atom. The fraction of sp³-hybridized carbons (Fsp3) is 0.941. The maximum atomic E-state index is 11.8. The Morgan fingerprint density at radius 2 is 2.00 bits per heavy atom. The van der Waals surface area contributed by atoms with Crippen LogP contribution in [0.4, 0.5) is 0 Å². The maximum Gasteiger partial charge on any atom is 0.219 e. The number of carbonyl (C=O) groups excluding carboxylic acids is 1. The van der Waals surface area contributed by atoms with Crippen LogP contribution in [-0.2, 0) is 9.53 Å². The van der Waals surface area contributed by atoms with Crippen LogP contribution in [0, 0.1) is 0 Å². The molecule has 2 fully saturated rings. The van der Waals surface area contributed by atoms with Gasteiger partial charge in [0.05, 0.1) is 12.2 Å². The molecule has 2 heterocycles. The minimum atomic E-state index is 0.224. The number of unbranched alkanes of at least 4 members (excludes halogenated alkanes) is 1. The molecule has 2 aliphatic heterocycles. The van der Waals surface area contributed by atoms with Gasteiger partial charge in [0.1, 0.15) is 0 Å². The first kappa shape index (κ1) is 19.4. The molecule has 134 valence electrons. The number of nitrogens with zero attached hydrogens (tertiary/aromatic N) is 1. The summed E-state index contributed by atoms with van der Waals surface area (Å²) in [5.41, 5.74) is 0. The largest absolute Gasteiger partial charge is 0.373 e. The van der Waals surface area contributed by atoms with Gasteiger partial charge in [-0.1, -0.05) is 28.0 Å². The van der Waals surface area contributed by atoms with E-state index >= 15 is 0 Å². The molecule has 23 heavy (non-hydrogen) atoms. The number of nitrogens with one attached hydrogen (secondary N) is 1. The quantitative estimate of drug-likeness (QED) is 0.505. The fourth-order valence-corrected chi connectivity index (χ4v) is 6.34. The molecule has 0 spiro atoms. The van der Waals surface area contributed by atoms with Gasteiger partial charge >= 0.3 is 0 Å². The van der Waals surface area contributed by atoms with E-state index in [4.69, 9.17) is 4.74 Å². The van der Waals surface area contributed by atoms with E-state index < -0.39 is 0 Å². The zero-order valence-corrected chi connectivity index (χ0v) is 16.2. The molecule has 0 aromatic carbocycles. The summed E-state index contributed by atoms with van der Waals surface area (Å²) in [5, 5.41) is 3.90. The lowest BCUT2D eigenvalue weighted by Crippen LogP contribution is -2.46. The van der Waals surface area contributed by atoms with E-state index in [9.17, 15) is 4.79 Å². The Bertz CT molecular complexity index is 341. The lowest BCUT2D eigenvalue weighted by molar-refractivity contribution is -0.121. The van der Waals surface area contributed by atoms with E-state index in [0.29, 0.717) is 18.6 Å². The zero-order valence-electron chi connectivity index (χ0n) is 14.6. The van der Waals surface area contributed by atoms with Crippen molar-refractivity contribution in [1.29, 1.82) is 0 Å². The van der Waals surface area contributed by atoms with Crippen molar-refractivity contribution in [1.82, 2.24) is 10.2 Å². The second-order valence-corrected chi connectivity index (χ2v) is 9.58. The van der Waals surface area contributed by atoms with Gasteiger partial charge in [0.25, 0.3) is 0 Å². The van der Waals surface area contributed by atoms with Crippen molar-refractivity contribution in [2.45, 2.75) is 69.8 Å². The normalized spacial score (nSPS) is 28.9. The van der Waals surface area contributed by atoms with Crippen LogP contribution in [0.25, 0.3) is 0 Å². The van der Waals surface area contributed by atoms with Crippen molar-refractivity contribution in [3.8, 4) is 0 Å². The Kier molecular flexibility index (Phi) is 9.16. The van der Waals surface area contributed by atoms with Crippen molar-refractivity contribution in [3.05, 3.63) is 0 Å². The molecule has 0 aromatic heterocycles. The first-order valence-electron chi connectivity index (χ1n) is 9.06. The van der Waals surface area contributed by atoms with Crippen molar-refractivity contribution in [2.24, 2.45) is 0 Å². The molecular formula is C17H32N2O2S2. The Morgan fingerprint density at radius 3 is 2.70 bits per heavy atom. The lowest BCUT2D eigenvalue weighted by atomic mass is 10.1. The van der Waals surface area contributed by atoms with Crippen molar-refractivity contribution in [3.63, 3.8) is 0 Å². The molecule has 2 saturated heterocycles. The van der Waals surface area contributed by atoms with E-state index in [1.54, 1.807) is 0 Å². The fourth-order valence-electron chi connectivity index (χ4n) is 3.31. The van der Waals surface area contributed by atoms with Crippen LogP contribution >= 0.6 is 21.6 Å². The van der Waals surface area contributed by atoms with Gasteiger partial charge in [-0.2, -0.15) is 0 Å². The predicted molar refractivity (Wildman–Crippen MR) is 101 cm³/mol. The smallest absolute Gasteiger partial charge is 0.219 e. The second kappa shape index (κ2) is 10.9. The van der Waals surface area contributed by atoms with E-state index in [0.717, 1.165) is 44.3 Å². The summed E-state index contributed by atoms with van der Waals surface area (Å²) in [5.74, 6) is 1.53. The molecule has 2 aliphatic rings. The number of amides is 1. The van der Waals surface area contributed by atoms with E-state index in [1.807, 2.05) is 21.6 Å². The van der Waals surface area contributed by atoms with Crippen LogP contribution in [0.15, 0.2) is 0 Å². The van der Waals surface area contributed by atoms with E-state index in [2.05, 4.69) is 24.1 Å². The Labute approximate surface area is 149 Å². The highest BCUT2D eigenvalue weighted by Gasteiger charge is 2.21. The van der Waals surface area contributed by atoms with Crippen LogP contribution in [0.2, 0.25) is 0 Å². The van der Waals surface area contributed by atoms with Crippen molar-refractivity contribution < 1.29 is 9.53 Å². The average molecular weight is 361 g/mol. The SMILES string of the molecule is CC1CN(CCCNC(=O)CCCCC2CCSS2)CC(C)O1. The summed E-state index contributed by atoms with van der Waals surface area (Å²) < 4.78 is 5.74. The van der Waals surface area contributed by atoms with Gasteiger partial charge in [0.15, 0.2) is 0 Å². The number of morpholine rings is 1. The van der Waals surface area contributed by atoms with Gasteiger partial charge in [0, 0.05) is 43.6 Å². The molecule has 0 bridgehead atoms. The number of ether oxygens (including phenoxy) is 1. The van der Waals surface area contributed by atoms with Gasteiger partial charge in [-0.05, 0) is 39.5 Å². The molecule has 0 radical (unpaired) electrons. The molecular weight excluding hydrogens is 328 g/mol. The minimum Gasteiger partial charge on any atom is -0.373 e. The predicted octanol–water partition coefficient (Wildman–Crippen LogP) is 3.32. The summed E-state index contributed by atoms with van der Waals surface area (Å²) in [6, 6.07) is 0. The maximum absolute atomic E-state index is 11.8. The number of hydrogen-bond acceptors (Lipinski definition) is 5.